The van der Waals surface area contributed by atoms with Gasteiger partial charge < -0.3 is 25.3 Å². The van der Waals surface area contributed by atoms with Crippen LogP contribution in [0.2, 0.25) is 0 Å². The molecule has 0 saturated carbocycles. The lowest BCUT2D eigenvalue weighted by Crippen LogP contribution is -2.11. The molecule has 0 atom stereocenters. The minimum absolute atomic E-state index is 0.123. The van der Waals surface area contributed by atoms with Crippen molar-refractivity contribution >= 4 is 39.7 Å². The number of rotatable bonds is 6. The Balaban J connectivity index is 2.20. The van der Waals surface area contributed by atoms with Gasteiger partial charge in [-0.2, -0.15) is 0 Å². The molecule has 29 heavy (non-hydrogen) atoms. The lowest BCUT2D eigenvalue weighted by Gasteiger charge is -2.16. The van der Waals surface area contributed by atoms with E-state index in [1.165, 1.54) is 31.9 Å². The number of ether oxygens (including phenoxy) is 3. The van der Waals surface area contributed by atoms with Crippen molar-refractivity contribution in [3.8, 4) is 17.2 Å². The minimum atomic E-state index is -0.497. The van der Waals surface area contributed by atoms with Gasteiger partial charge in [0, 0.05) is 4.88 Å². The number of nitrogens with two attached hydrogens (primary N) is 1. The van der Waals surface area contributed by atoms with Crippen molar-refractivity contribution in [2.24, 2.45) is 5.73 Å². The van der Waals surface area contributed by atoms with Crippen LogP contribution >= 0.6 is 11.3 Å². The van der Waals surface area contributed by atoms with Gasteiger partial charge >= 0.3 is 0 Å². The highest BCUT2D eigenvalue weighted by atomic mass is 32.1. The highest BCUT2D eigenvalue weighted by Crippen LogP contribution is 2.44. The van der Waals surface area contributed by atoms with Crippen LogP contribution in [0.1, 0.15) is 35.3 Å². The number of benzene rings is 1. The molecular weight excluding hydrogens is 392 g/mol. The van der Waals surface area contributed by atoms with E-state index in [-0.39, 0.29) is 5.41 Å². The van der Waals surface area contributed by atoms with Gasteiger partial charge in [0.25, 0.3) is 5.91 Å². The number of anilines is 2. The first kappa shape index (κ1) is 20.7. The standard InChI is InChI=1S/C20H24N4O4S/c1-20(2,3)13-8-11(17(29-13)18(21)25)24-19-10-7-12(26-4)15(27-5)16(28-6)14(10)22-9-23-19/h7-9H,1-6H3,(H2,21,25)(H,22,23,24). The average molecular weight is 417 g/mol. The molecule has 3 rings (SSSR count). The van der Waals surface area contributed by atoms with E-state index in [2.05, 4.69) is 36.1 Å². The van der Waals surface area contributed by atoms with Crippen LogP contribution in [0.15, 0.2) is 18.5 Å². The summed E-state index contributed by atoms with van der Waals surface area (Å²) in [5.74, 6) is 1.35. The number of methoxy groups -OCH3 is 3. The van der Waals surface area contributed by atoms with Gasteiger partial charge in [-0.15, -0.1) is 11.3 Å². The number of aromatic nitrogens is 2. The van der Waals surface area contributed by atoms with Crippen LogP contribution in [0, 0.1) is 0 Å². The fourth-order valence-electron chi connectivity index (χ4n) is 2.93. The van der Waals surface area contributed by atoms with Crippen molar-refractivity contribution in [1.29, 1.82) is 0 Å². The van der Waals surface area contributed by atoms with Crippen molar-refractivity contribution in [2.75, 3.05) is 26.6 Å². The third kappa shape index (κ3) is 3.77. The third-order valence-electron chi connectivity index (χ3n) is 4.38. The Morgan fingerprint density at radius 2 is 1.76 bits per heavy atom. The number of hydrogen-bond donors (Lipinski definition) is 2. The molecule has 0 aliphatic carbocycles. The van der Waals surface area contributed by atoms with E-state index in [1.54, 1.807) is 13.2 Å². The predicted molar refractivity (Wildman–Crippen MR) is 114 cm³/mol. The molecule has 0 radical (unpaired) electrons. The third-order valence-corrected chi connectivity index (χ3v) is 5.96. The average Bonchev–Trinajstić information content (AvgIpc) is 3.11. The fraction of sp³-hybridized carbons (Fsp3) is 0.350. The van der Waals surface area contributed by atoms with E-state index in [0.29, 0.717) is 44.5 Å². The highest BCUT2D eigenvalue weighted by molar-refractivity contribution is 7.14. The lowest BCUT2D eigenvalue weighted by atomic mass is 9.94. The maximum absolute atomic E-state index is 12.0. The molecule has 3 N–H and O–H groups in total. The first-order chi connectivity index (χ1) is 13.7. The largest absolute Gasteiger partial charge is 0.493 e. The van der Waals surface area contributed by atoms with Crippen LogP contribution in [0.4, 0.5) is 11.5 Å². The van der Waals surface area contributed by atoms with Crippen LogP contribution < -0.4 is 25.3 Å². The first-order valence-electron chi connectivity index (χ1n) is 8.86. The molecule has 2 aromatic heterocycles. The van der Waals surface area contributed by atoms with Crippen LogP contribution in [0.5, 0.6) is 17.2 Å². The lowest BCUT2D eigenvalue weighted by molar-refractivity contribution is 0.100. The van der Waals surface area contributed by atoms with Crippen molar-refractivity contribution in [1.82, 2.24) is 9.97 Å². The summed E-state index contributed by atoms with van der Waals surface area (Å²) >= 11 is 1.37. The molecule has 0 saturated heterocycles. The minimum Gasteiger partial charge on any atom is -0.493 e. The first-order valence-corrected chi connectivity index (χ1v) is 9.67. The van der Waals surface area contributed by atoms with Gasteiger partial charge in [-0.1, -0.05) is 20.8 Å². The molecule has 0 aliphatic rings. The molecule has 154 valence electrons. The summed E-state index contributed by atoms with van der Waals surface area (Å²) in [6.45, 7) is 6.24. The molecule has 0 bridgehead atoms. The van der Waals surface area contributed by atoms with Crippen molar-refractivity contribution in [3.63, 3.8) is 0 Å². The number of carbonyl (C=O) groups excluding carboxylic acids is 1. The van der Waals surface area contributed by atoms with Gasteiger partial charge in [0.1, 0.15) is 22.5 Å². The molecule has 9 heteroatoms. The van der Waals surface area contributed by atoms with Crippen LogP contribution in [0.25, 0.3) is 10.9 Å². The van der Waals surface area contributed by atoms with Crippen LogP contribution in [0.3, 0.4) is 0 Å². The number of carbonyl (C=O) groups is 1. The number of nitrogens with zero attached hydrogens (tertiary/aromatic N) is 2. The Bertz CT molecular complexity index is 1070. The topological polar surface area (TPSA) is 109 Å². The Morgan fingerprint density at radius 3 is 2.31 bits per heavy atom. The predicted octanol–water partition coefficient (Wildman–Crippen LogP) is 3.86. The van der Waals surface area contributed by atoms with Gasteiger partial charge in [-0.25, -0.2) is 9.97 Å². The molecule has 2 heterocycles. The molecular formula is C20H24N4O4S. The quantitative estimate of drug-likeness (QED) is 0.628. The number of nitrogens with one attached hydrogen (secondary N) is 1. The monoisotopic (exact) mass is 416 g/mol. The summed E-state index contributed by atoms with van der Waals surface area (Å²) in [5.41, 5.74) is 6.63. The number of thiophene rings is 1. The highest BCUT2D eigenvalue weighted by Gasteiger charge is 2.24. The van der Waals surface area contributed by atoms with Gasteiger partial charge in [0.05, 0.1) is 32.4 Å². The summed E-state index contributed by atoms with van der Waals surface area (Å²) in [4.78, 5) is 22.2. The maximum atomic E-state index is 12.0. The number of primary amides is 1. The van der Waals surface area contributed by atoms with Gasteiger partial charge in [-0.3, -0.25) is 4.79 Å². The Labute approximate surface area is 173 Å². The second-order valence-electron chi connectivity index (χ2n) is 7.36. The van der Waals surface area contributed by atoms with Gasteiger partial charge in [0.2, 0.25) is 5.75 Å². The van der Waals surface area contributed by atoms with E-state index in [9.17, 15) is 4.79 Å². The number of amides is 1. The molecule has 1 amide bonds. The molecule has 1 aromatic carbocycles. The number of fused-ring (bicyclic) bond motifs is 1. The Hall–Kier alpha value is -3.07. The molecule has 0 unspecified atom stereocenters. The summed E-state index contributed by atoms with van der Waals surface area (Å²) in [5, 5.41) is 3.89. The zero-order valence-corrected chi connectivity index (χ0v) is 18.1. The van der Waals surface area contributed by atoms with E-state index >= 15 is 0 Å². The van der Waals surface area contributed by atoms with Crippen molar-refractivity contribution in [3.05, 3.63) is 28.2 Å². The van der Waals surface area contributed by atoms with Crippen LogP contribution in [-0.2, 0) is 5.41 Å². The Kier molecular flexibility index (Phi) is 5.52. The van der Waals surface area contributed by atoms with Gasteiger partial charge in [-0.05, 0) is 17.5 Å². The summed E-state index contributed by atoms with van der Waals surface area (Å²) in [6, 6.07) is 3.69. The number of hydrogen-bond acceptors (Lipinski definition) is 8. The van der Waals surface area contributed by atoms with E-state index in [0.717, 1.165) is 4.88 Å². The van der Waals surface area contributed by atoms with Crippen LogP contribution in [-0.4, -0.2) is 37.2 Å². The fourth-order valence-corrected chi connectivity index (χ4v) is 3.95. The molecule has 0 spiro atoms. The second kappa shape index (κ2) is 7.75. The SMILES string of the molecule is COc1cc2c(Nc3cc(C(C)(C)C)sc3C(N)=O)ncnc2c(OC)c1OC. The normalized spacial score (nSPS) is 11.4. The maximum Gasteiger partial charge on any atom is 0.260 e. The van der Waals surface area contributed by atoms with Crippen molar-refractivity contribution in [2.45, 2.75) is 26.2 Å². The Morgan fingerprint density at radius 1 is 1.07 bits per heavy atom. The molecule has 3 aromatic rings. The molecule has 0 aliphatic heterocycles. The van der Waals surface area contributed by atoms with Gasteiger partial charge in [0.15, 0.2) is 11.5 Å². The summed E-state index contributed by atoms with van der Waals surface area (Å²) < 4.78 is 16.4. The van der Waals surface area contributed by atoms with E-state index in [4.69, 9.17) is 19.9 Å². The zero-order valence-electron chi connectivity index (χ0n) is 17.2. The van der Waals surface area contributed by atoms with Crippen molar-refractivity contribution < 1.29 is 19.0 Å². The summed E-state index contributed by atoms with van der Waals surface area (Å²) in [7, 11) is 4.61. The summed E-state index contributed by atoms with van der Waals surface area (Å²) in [6.07, 6.45) is 1.42. The smallest absolute Gasteiger partial charge is 0.260 e. The molecule has 8 nitrogen and oxygen atoms in total. The van der Waals surface area contributed by atoms with E-state index < -0.39 is 5.91 Å². The molecule has 0 fully saturated rings. The zero-order chi connectivity index (χ0) is 21.3. The van der Waals surface area contributed by atoms with E-state index in [1.807, 2.05) is 6.07 Å². The second-order valence-corrected chi connectivity index (χ2v) is 8.41.